The largest absolute Gasteiger partial charge is 0.494 e. The molecule has 32 heavy (non-hydrogen) atoms. The molecule has 0 atom stereocenters. The second kappa shape index (κ2) is 11.5. The highest BCUT2D eigenvalue weighted by Crippen LogP contribution is 2.28. The molecule has 1 aromatic heterocycles. The van der Waals surface area contributed by atoms with Crippen LogP contribution in [-0.4, -0.2) is 36.3 Å². The second-order valence-corrected chi connectivity index (χ2v) is 7.96. The van der Waals surface area contributed by atoms with Gasteiger partial charge in [-0.1, -0.05) is 30.7 Å². The molecule has 0 saturated heterocycles. The number of unbranched alkanes of at least 4 members (excludes halogenated alkanes) is 1. The van der Waals surface area contributed by atoms with Crippen LogP contribution < -0.4 is 14.3 Å². The molecule has 3 aromatic rings. The van der Waals surface area contributed by atoms with E-state index in [1.165, 1.54) is 11.3 Å². The van der Waals surface area contributed by atoms with Gasteiger partial charge in [0.1, 0.15) is 23.6 Å². The lowest BCUT2D eigenvalue weighted by Crippen LogP contribution is -2.23. The van der Waals surface area contributed by atoms with Crippen molar-refractivity contribution in [2.45, 2.75) is 40.2 Å². The monoisotopic (exact) mass is 456 g/mol. The zero-order valence-corrected chi connectivity index (χ0v) is 19.4. The lowest BCUT2D eigenvalue weighted by molar-refractivity contribution is -0.143. The molecule has 0 unspecified atom stereocenters. The fraction of sp³-hybridized carbons (Fsp3) is 0.375. The van der Waals surface area contributed by atoms with Crippen LogP contribution in [0.5, 0.6) is 11.5 Å². The summed E-state index contributed by atoms with van der Waals surface area (Å²) in [6.45, 7) is 7.09. The van der Waals surface area contributed by atoms with Gasteiger partial charge in [0.05, 0.1) is 24.5 Å². The van der Waals surface area contributed by atoms with Crippen LogP contribution in [0.15, 0.2) is 47.5 Å². The van der Waals surface area contributed by atoms with E-state index in [-0.39, 0.29) is 13.2 Å². The third kappa shape index (κ3) is 5.76. The molecule has 3 rings (SSSR count). The SMILES string of the molecule is CCCCOc1ccc(C(=O)N=c2sc3cccc(OCC)c3n2CC(=O)OCC)cc1. The van der Waals surface area contributed by atoms with Crippen molar-refractivity contribution in [1.82, 2.24) is 4.57 Å². The van der Waals surface area contributed by atoms with Crippen LogP contribution in [0.25, 0.3) is 10.2 Å². The summed E-state index contributed by atoms with van der Waals surface area (Å²) in [6.07, 6.45) is 2.04. The molecule has 0 saturated carbocycles. The first-order valence-corrected chi connectivity index (χ1v) is 11.6. The van der Waals surface area contributed by atoms with E-state index in [9.17, 15) is 9.59 Å². The van der Waals surface area contributed by atoms with Gasteiger partial charge >= 0.3 is 5.97 Å². The number of fused-ring (bicyclic) bond motifs is 1. The lowest BCUT2D eigenvalue weighted by Gasteiger charge is -2.09. The molecule has 0 aliphatic heterocycles. The van der Waals surface area contributed by atoms with E-state index in [0.717, 1.165) is 28.8 Å². The first-order chi connectivity index (χ1) is 15.6. The first-order valence-electron chi connectivity index (χ1n) is 10.8. The maximum atomic E-state index is 12.9. The van der Waals surface area contributed by atoms with Crippen molar-refractivity contribution in [3.8, 4) is 11.5 Å². The predicted octanol–water partition coefficient (Wildman–Crippen LogP) is 4.58. The van der Waals surface area contributed by atoms with E-state index in [1.54, 1.807) is 35.8 Å². The third-order valence-electron chi connectivity index (χ3n) is 4.62. The molecule has 0 aliphatic carbocycles. The van der Waals surface area contributed by atoms with Crippen molar-refractivity contribution >= 4 is 33.4 Å². The van der Waals surface area contributed by atoms with E-state index < -0.39 is 11.9 Å². The van der Waals surface area contributed by atoms with Gasteiger partial charge in [-0.2, -0.15) is 4.99 Å². The van der Waals surface area contributed by atoms with Gasteiger partial charge in [-0.15, -0.1) is 0 Å². The van der Waals surface area contributed by atoms with E-state index >= 15 is 0 Å². The highest BCUT2D eigenvalue weighted by Gasteiger charge is 2.16. The molecule has 0 N–H and O–H groups in total. The van der Waals surface area contributed by atoms with Gasteiger partial charge in [0, 0.05) is 5.56 Å². The smallest absolute Gasteiger partial charge is 0.326 e. The summed E-state index contributed by atoms with van der Waals surface area (Å²) in [4.78, 5) is 29.9. The van der Waals surface area contributed by atoms with Crippen LogP contribution in [0.4, 0.5) is 0 Å². The summed E-state index contributed by atoms with van der Waals surface area (Å²) in [5.74, 6) is 0.553. The van der Waals surface area contributed by atoms with Crippen molar-refractivity contribution in [2.75, 3.05) is 19.8 Å². The number of hydrogen-bond donors (Lipinski definition) is 0. The van der Waals surface area contributed by atoms with Crippen LogP contribution >= 0.6 is 11.3 Å². The Labute approximate surface area is 191 Å². The van der Waals surface area contributed by atoms with Crippen LogP contribution in [-0.2, 0) is 16.1 Å². The Hall–Kier alpha value is -3.13. The Morgan fingerprint density at radius 3 is 2.47 bits per heavy atom. The maximum absolute atomic E-state index is 12.9. The van der Waals surface area contributed by atoms with Crippen molar-refractivity contribution in [3.63, 3.8) is 0 Å². The van der Waals surface area contributed by atoms with Crippen molar-refractivity contribution in [2.24, 2.45) is 4.99 Å². The summed E-state index contributed by atoms with van der Waals surface area (Å²) >= 11 is 1.33. The number of nitrogens with zero attached hydrogens (tertiary/aromatic N) is 2. The number of para-hydroxylation sites is 1. The van der Waals surface area contributed by atoms with Crippen LogP contribution in [0.3, 0.4) is 0 Å². The summed E-state index contributed by atoms with van der Waals surface area (Å²) in [5.41, 5.74) is 1.16. The Morgan fingerprint density at radius 2 is 1.78 bits per heavy atom. The fourth-order valence-corrected chi connectivity index (χ4v) is 4.16. The van der Waals surface area contributed by atoms with Gasteiger partial charge in [-0.25, -0.2) is 0 Å². The van der Waals surface area contributed by atoms with Crippen molar-refractivity contribution in [3.05, 3.63) is 52.8 Å². The Bertz CT molecular complexity index is 1130. The Kier molecular flexibility index (Phi) is 8.44. The number of aromatic nitrogens is 1. The minimum atomic E-state index is -0.402. The summed E-state index contributed by atoms with van der Waals surface area (Å²) in [5, 5.41) is 0. The first kappa shape index (κ1) is 23.5. The molecule has 0 radical (unpaired) electrons. The topological polar surface area (TPSA) is 79.1 Å². The van der Waals surface area contributed by atoms with E-state index in [2.05, 4.69) is 11.9 Å². The van der Waals surface area contributed by atoms with Crippen LogP contribution in [0.2, 0.25) is 0 Å². The quantitative estimate of drug-likeness (QED) is 0.329. The van der Waals surface area contributed by atoms with Gasteiger partial charge in [-0.05, 0) is 56.7 Å². The van der Waals surface area contributed by atoms with Gasteiger partial charge in [0.25, 0.3) is 5.91 Å². The van der Waals surface area contributed by atoms with Crippen molar-refractivity contribution < 1.29 is 23.8 Å². The summed E-state index contributed by atoms with van der Waals surface area (Å²) in [6, 6.07) is 12.6. The van der Waals surface area contributed by atoms with E-state index in [4.69, 9.17) is 14.2 Å². The number of amides is 1. The Morgan fingerprint density at radius 1 is 1.00 bits per heavy atom. The average Bonchev–Trinajstić information content (AvgIpc) is 3.12. The van der Waals surface area contributed by atoms with E-state index in [0.29, 0.717) is 29.3 Å². The number of esters is 1. The Balaban J connectivity index is 1.98. The molecule has 8 heteroatoms. The van der Waals surface area contributed by atoms with Gasteiger partial charge < -0.3 is 18.8 Å². The van der Waals surface area contributed by atoms with Crippen molar-refractivity contribution in [1.29, 1.82) is 0 Å². The molecule has 1 heterocycles. The number of ether oxygens (including phenoxy) is 3. The highest BCUT2D eigenvalue weighted by atomic mass is 32.1. The van der Waals surface area contributed by atoms with Crippen LogP contribution in [0.1, 0.15) is 44.0 Å². The maximum Gasteiger partial charge on any atom is 0.326 e. The van der Waals surface area contributed by atoms with Gasteiger partial charge in [0.15, 0.2) is 4.80 Å². The summed E-state index contributed by atoms with van der Waals surface area (Å²) in [7, 11) is 0. The molecule has 0 spiro atoms. The molecule has 7 nitrogen and oxygen atoms in total. The number of rotatable bonds is 10. The number of carbonyl (C=O) groups excluding carboxylic acids is 2. The second-order valence-electron chi connectivity index (χ2n) is 6.96. The molecule has 170 valence electrons. The number of benzene rings is 2. The zero-order chi connectivity index (χ0) is 22.9. The van der Waals surface area contributed by atoms with Gasteiger partial charge in [0.2, 0.25) is 0 Å². The number of carbonyl (C=O) groups is 2. The molecule has 0 fully saturated rings. The van der Waals surface area contributed by atoms with Crippen LogP contribution in [0, 0.1) is 0 Å². The van der Waals surface area contributed by atoms with E-state index in [1.807, 2.05) is 25.1 Å². The number of thiazole rings is 1. The average molecular weight is 457 g/mol. The molecular weight excluding hydrogens is 428 g/mol. The fourth-order valence-electron chi connectivity index (χ4n) is 3.12. The third-order valence-corrected chi connectivity index (χ3v) is 5.67. The molecular formula is C24H28N2O5S. The van der Waals surface area contributed by atoms with Gasteiger partial charge in [-0.3, -0.25) is 9.59 Å². The number of hydrogen-bond acceptors (Lipinski definition) is 6. The molecule has 2 aromatic carbocycles. The zero-order valence-electron chi connectivity index (χ0n) is 18.6. The normalized spacial score (nSPS) is 11.5. The molecule has 1 amide bonds. The summed E-state index contributed by atoms with van der Waals surface area (Å²) < 4.78 is 19.1. The lowest BCUT2D eigenvalue weighted by atomic mass is 10.2. The standard InChI is InChI=1S/C24H28N2O5S/c1-4-7-15-31-18-13-11-17(12-14-18)23(28)25-24-26(16-21(27)30-6-3)22-19(29-5-2)9-8-10-20(22)32-24/h8-14H,4-7,15-16H2,1-3H3. The molecule has 0 bridgehead atoms. The minimum absolute atomic E-state index is 0.0613. The minimum Gasteiger partial charge on any atom is -0.494 e. The highest BCUT2D eigenvalue weighted by molar-refractivity contribution is 7.16. The predicted molar refractivity (Wildman–Crippen MR) is 124 cm³/mol. The molecule has 0 aliphatic rings.